The molecule has 0 aromatic heterocycles. The van der Waals surface area contributed by atoms with Gasteiger partial charge < -0.3 is 14.4 Å². The minimum atomic E-state index is -0.641. The number of likely N-dealkylation sites (tertiary alicyclic amines) is 1. The Bertz CT molecular complexity index is 636. The minimum Gasteiger partial charge on any atom is -0.435 e. The van der Waals surface area contributed by atoms with Crippen molar-refractivity contribution in [3.8, 4) is 0 Å². The van der Waals surface area contributed by atoms with Crippen LogP contribution in [0.1, 0.15) is 63.0 Å². The van der Waals surface area contributed by atoms with E-state index in [1.807, 2.05) is 4.90 Å². The van der Waals surface area contributed by atoms with Crippen LogP contribution in [0.5, 0.6) is 0 Å². The maximum atomic E-state index is 13.0. The Labute approximate surface area is 162 Å². The summed E-state index contributed by atoms with van der Waals surface area (Å²) in [5, 5.41) is 0. The molecule has 0 spiro atoms. The average Bonchev–Trinajstić information content (AvgIpc) is 3.22. The number of benzene rings is 1. The summed E-state index contributed by atoms with van der Waals surface area (Å²) in [6.07, 6.45) is 4.99. The number of ether oxygens (including phenoxy) is 2. The van der Waals surface area contributed by atoms with Crippen molar-refractivity contribution < 1.29 is 19.1 Å². The van der Waals surface area contributed by atoms with Crippen molar-refractivity contribution in [2.24, 2.45) is 5.92 Å². The molecule has 2 unspecified atom stereocenters. The van der Waals surface area contributed by atoms with Crippen LogP contribution >= 0.6 is 0 Å². The van der Waals surface area contributed by atoms with E-state index in [1.54, 1.807) is 6.92 Å². The van der Waals surface area contributed by atoms with Crippen molar-refractivity contribution in [1.29, 1.82) is 0 Å². The van der Waals surface area contributed by atoms with Gasteiger partial charge in [-0.1, -0.05) is 44.0 Å². The smallest absolute Gasteiger partial charge is 0.435 e. The molecular weight excluding hydrogens is 342 g/mol. The summed E-state index contributed by atoms with van der Waals surface area (Å²) >= 11 is 0. The summed E-state index contributed by atoms with van der Waals surface area (Å²) in [7, 11) is 0. The fourth-order valence-corrected chi connectivity index (χ4v) is 4.30. The molecule has 5 nitrogen and oxygen atoms in total. The number of amides is 1. The molecule has 1 saturated carbocycles. The van der Waals surface area contributed by atoms with Crippen LogP contribution in [-0.4, -0.2) is 42.8 Å². The highest BCUT2D eigenvalue weighted by molar-refractivity contribution is 5.79. The van der Waals surface area contributed by atoms with E-state index in [0.29, 0.717) is 13.1 Å². The normalized spacial score (nSPS) is 23.3. The molecule has 1 aliphatic heterocycles. The molecule has 0 radical (unpaired) electrons. The Hall–Kier alpha value is -2.04. The van der Waals surface area contributed by atoms with Gasteiger partial charge >= 0.3 is 6.16 Å². The maximum absolute atomic E-state index is 13.0. The molecule has 1 aliphatic carbocycles. The molecule has 1 amide bonds. The molecule has 1 aromatic carbocycles. The third-order valence-electron chi connectivity index (χ3n) is 5.81. The van der Waals surface area contributed by atoms with Crippen LogP contribution in [-0.2, 0) is 20.7 Å². The van der Waals surface area contributed by atoms with Gasteiger partial charge in [0.25, 0.3) is 0 Å². The highest BCUT2D eigenvalue weighted by atomic mass is 16.7. The van der Waals surface area contributed by atoms with E-state index in [-0.39, 0.29) is 30.5 Å². The van der Waals surface area contributed by atoms with E-state index >= 15 is 0 Å². The Morgan fingerprint density at radius 1 is 1.07 bits per heavy atom. The van der Waals surface area contributed by atoms with Crippen molar-refractivity contribution in [3.63, 3.8) is 0 Å². The van der Waals surface area contributed by atoms with E-state index in [9.17, 15) is 9.59 Å². The van der Waals surface area contributed by atoms with Gasteiger partial charge in [0.15, 0.2) is 0 Å². The van der Waals surface area contributed by atoms with Gasteiger partial charge in [0.2, 0.25) is 5.91 Å². The second-order valence-electron chi connectivity index (χ2n) is 7.68. The van der Waals surface area contributed by atoms with Crippen LogP contribution in [0.15, 0.2) is 24.3 Å². The molecule has 0 N–H and O–H groups in total. The molecule has 1 heterocycles. The summed E-state index contributed by atoms with van der Waals surface area (Å²) in [5.74, 6) is 0.531. The van der Waals surface area contributed by atoms with Gasteiger partial charge in [-0.25, -0.2) is 4.79 Å². The lowest BCUT2D eigenvalue weighted by Crippen LogP contribution is -2.48. The van der Waals surface area contributed by atoms with Gasteiger partial charge in [0, 0.05) is 18.4 Å². The summed E-state index contributed by atoms with van der Waals surface area (Å²) in [4.78, 5) is 26.7. The van der Waals surface area contributed by atoms with Crippen molar-refractivity contribution in [2.75, 3.05) is 19.7 Å². The molecular formula is C22H31NO4. The Morgan fingerprint density at radius 3 is 2.41 bits per heavy atom. The van der Waals surface area contributed by atoms with Crippen molar-refractivity contribution in [2.45, 2.75) is 64.4 Å². The van der Waals surface area contributed by atoms with Crippen LogP contribution in [0, 0.1) is 5.92 Å². The van der Waals surface area contributed by atoms with Crippen LogP contribution in [0.3, 0.4) is 0 Å². The van der Waals surface area contributed by atoms with Gasteiger partial charge in [0.1, 0.15) is 6.10 Å². The number of carbonyl (C=O) groups is 2. The fourth-order valence-electron chi connectivity index (χ4n) is 4.30. The molecule has 148 valence electrons. The van der Waals surface area contributed by atoms with Crippen LogP contribution in [0.25, 0.3) is 0 Å². The minimum absolute atomic E-state index is 0.134. The SMILES string of the molecule is CCOC(=O)OC1CC(c2ccc(CC)cc2)CN(C(=O)C2CCCC2)C1. The molecule has 2 aliphatic rings. The number of piperidine rings is 1. The quantitative estimate of drug-likeness (QED) is 0.722. The summed E-state index contributed by atoms with van der Waals surface area (Å²) in [6, 6.07) is 8.59. The van der Waals surface area contributed by atoms with Gasteiger partial charge in [0.05, 0.1) is 13.2 Å². The Balaban J connectivity index is 1.74. The molecule has 0 bridgehead atoms. The second-order valence-corrected chi connectivity index (χ2v) is 7.68. The zero-order chi connectivity index (χ0) is 19.2. The van der Waals surface area contributed by atoms with Gasteiger partial charge in [-0.15, -0.1) is 0 Å². The molecule has 2 fully saturated rings. The first-order chi connectivity index (χ1) is 13.1. The predicted octanol–water partition coefficient (Wildman–Crippen LogP) is 4.30. The molecule has 3 rings (SSSR count). The van der Waals surface area contributed by atoms with Crippen molar-refractivity contribution in [3.05, 3.63) is 35.4 Å². The topological polar surface area (TPSA) is 55.8 Å². The van der Waals surface area contributed by atoms with E-state index in [0.717, 1.165) is 38.5 Å². The third-order valence-corrected chi connectivity index (χ3v) is 5.81. The lowest BCUT2D eigenvalue weighted by Gasteiger charge is -2.38. The highest BCUT2D eigenvalue weighted by Gasteiger charge is 2.36. The molecule has 1 saturated heterocycles. The van der Waals surface area contributed by atoms with Crippen LogP contribution < -0.4 is 0 Å². The number of aryl methyl sites for hydroxylation is 1. The Kier molecular flexibility index (Phi) is 6.75. The zero-order valence-electron chi connectivity index (χ0n) is 16.5. The number of carbonyl (C=O) groups excluding carboxylic acids is 2. The maximum Gasteiger partial charge on any atom is 0.508 e. The van der Waals surface area contributed by atoms with Crippen molar-refractivity contribution >= 4 is 12.1 Å². The third kappa shape index (κ3) is 5.02. The number of nitrogens with zero attached hydrogens (tertiary/aromatic N) is 1. The number of hydrogen-bond acceptors (Lipinski definition) is 4. The van der Waals surface area contributed by atoms with E-state index in [1.165, 1.54) is 11.1 Å². The number of rotatable bonds is 5. The lowest BCUT2D eigenvalue weighted by atomic mass is 9.87. The summed E-state index contributed by atoms with van der Waals surface area (Å²) in [6.45, 7) is 5.36. The fraction of sp³-hybridized carbons (Fsp3) is 0.636. The average molecular weight is 373 g/mol. The highest BCUT2D eigenvalue weighted by Crippen LogP contribution is 2.33. The largest absolute Gasteiger partial charge is 0.508 e. The first-order valence-corrected chi connectivity index (χ1v) is 10.3. The first-order valence-electron chi connectivity index (χ1n) is 10.3. The summed E-state index contributed by atoms with van der Waals surface area (Å²) in [5.41, 5.74) is 2.50. The summed E-state index contributed by atoms with van der Waals surface area (Å²) < 4.78 is 10.5. The molecule has 5 heteroatoms. The van der Waals surface area contributed by atoms with Gasteiger partial charge in [-0.3, -0.25) is 4.79 Å². The second kappa shape index (κ2) is 9.25. The van der Waals surface area contributed by atoms with Gasteiger partial charge in [-0.05, 0) is 43.7 Å². The monoisotopic (exact) mass is 373 g/mol. The van der Waals surface area contributed by atoms with Crippen LogP contribution in [0.2, 0.25) is 0 Å². The van der Waals surface area contributed by atoms with E-state index in [4.69, 9.17) is 9.47 Å². The molecule has 1 aromatic rings. The Morgan fingerprint density at radius 2 is 1.78 bits per heavy atom. The van der Waals surface area contributed by atoms with E-state index in [2.05, 4.69) is 31.2 Å². The number of hydrogen-bond donors (Lipinski definition) is 0. The first kappa shape index (κ1) is 19.7. The van der Waals surface area contributed by atoms with Crippen molar-refractivity contribution in [1.82, 2.24) is 4.90 Å². The zero-order valence-corrected chi connectivity index (χ0v) is 16.5. The van der Waals surface area contributed by atoms with E-state index < -0.39 is 6.16 Å². The molecule has 2 atom stereocenters. The predicted molar refractivity (Wildman–Crippen MR) is 104 cm³/mol. The standard InChI is InChI=1S/C22H31NO4/c1-3-16-9-11-17(12-10-16)19-13-20(27-22(25)26-4-2)15-23(14-19)21(24)18-7-5-6-8-18/h9-12,18-20H,3-8,13-15H2,1-2H3. The van der Waals surface area contributed by atoms with Gasteiger partial charge in [-0.2, -0.15) is 0 Å². The van der Waals surface area contributed by atoms with Crippen LogP contribution in [0.4, 0.5) is 4.79 Å². The molecule has 27 heavy (non-hydrogen) atoms. The lowest BCUT2D eigenvalue weighted by molar-refractivity contribution is -0.139.